The number of morpholine rings is 1. The maximum Gasteiger partial charge on any atom is 0.244 e. The molecule has 0 aliphatic carbocycles. The van der Waals surface area contributed by atoms with Crippen LogP contribution < -0.4 is 20.7 Å². The molecule has 0 aromatic heterocycles. The number of halogens is 1. The van der Waals surface area contributed by atoms with Crippen molar-refractivity contribution in [2.45, 2.75) is 26.0 Å². The number of amides is 2. The normalized spacial score (nSPS) is 20.1. The minimum absolute atomic E-state index is 0. The molecule has 7 nitrogen and oxygen atoms in total. The first-order valence-corrected chi connectivity index (χ1v) is 7.12. The van der Waals surface area contributed by atoms with E-state index in [9.17, 15) is 9.59 Å². The van der Waals surface area contributed by atoms with E-state index in [1.54, 1.807) is 18.2 Å². The Morgan fingerprint density at radius 3 is 2.70 bits per heavy atom. The Morgan fingerprint density at radius 2 is 2.09 bits per heavy atom. The van der Waals surface area contributed by atoms with E-state index in [0.29, 0.717) is 30.3 Å². The SMILES string of the molecule is COc1ccc(NC(=O)[C@H]2NCCO[C@@H]2C)cc1NC(C)=O.Cl. The number of hydrogen-bond acceptors (Lipinski definition) is 5. The Balaban J connectivity index is 0.00000264. The van der Waals surface area contributed by atoms with E-state index in [1.807, 2.05) is 6.92 Å². The van der Waals surface area contributed by atoms with Crippen LogP contribution in [0.15, 0.2) is 18.2 Å². The van der Waals surface area contributed by atoms with E-state index >= 15 is 0 Å². The molecule has 2 atom stereocenters. The predicted molar refractivity (Wildman–Crippen MR) is 90.4 cm³/mol. The molecule has 0 unspecified atom stereocenters. The van der Waals surface area contributed by atoms with Crippen LogP contribution in [0.5, 0.6) is 5.75 Å². The lowest BCUT2D eigenvalue weighted by molar-refractivity contribution is -0.123. The van der Waals surface area contributed by atoms with Crippen LogP contribution >= 0.6 is 12.4 Å². The molecule has 1 fully saturated rings. The molecule has 1 aliphatic heterocycles. The summed E-state index contributed by atoms with van der Waals surface area (Å²) in [7, 11) is 1.52. The monoisotopic (exact) mass is 343 g/mol. The standard InChI is InChI=1S/C15H21N3O4.ClH/c1-9-14(16-6-7-22-9)15(20)18-11-4-5-13(21-3)12(8-11)17-10(2)19;/h4-5,8-9,14,16H,6-7H2,1-3H3,(H,17,19)(H,18,20);1H/t9-,14+;/m1./s1. The van der Waals surface area contributed by atoms with E-state index in [2.05, 4.69) is 16.0 Å². The van der Waals surface area contributed by atoms with Gasteiger partial charge < -0.3 is 25.4 Å². The maximum atomic E-state index is 12.3. The van der Waals surface area contributed by atoms with Crippen LogP contribution in [0.1, 0.15) is 13.8 Å². The van der Waals surface area contributed by atoms with Crippen molar-refractivity contribution in [3.8, 4) is 5.75 Å². The van der Waals surface area contributed by atoms with Gasteiger partial charge in [0.05, 0.1) is 25.5 Å². The molecule has 0 bridgehead atoms. The molecular weight excluding hydrogens is 322 g/mol. The van der Waals surface area contributed by atoms with Gasteiger partial charge in [-0.3, -0.25) is 9.59 Å². The van der Waals surface area contributed by atoms with E-state index in [1.165, 1.54) is 14.0 Å². The molecule has 2 amide bonds. The third kappa shape index (κ3) is 5.09. The smallest absolute Gasteiger partial charge is 0.244 e. The topological polar surface area (TPSA) is 88.7 Å². The summed E-state index contributed by atoms with van der Waals surface area (Å²) in [5.74, 6) is 0.143. The molecule has 1 aliphatic rings. The summed E-state index contributed by atoms with van der Waals surface area (Å²) in [6, 6.07) is 4.66. The van der Waals surface area contributed by atoms with Gasteiger partial charge in [-0.2, -0.15) is 0 Å². The summed E-state index contributed by atoms with van der Waals surface area (Å²) in [6.07, 6.45) is -0.193. The highest BCUT2D eigenvalue weighted by Gasteiger charge is 2.28. The van der Waals surface area contributed by atoms with Crippen LogP contribution in [0, 0.1) is 0 Å². The fourth-order valence-electron chi connectivity index (χ4n) is 2.32. The highest BCUT2D eigenvalue weighted by atomic mass is 35.5. The molecule has 23 heavy (non-hydrogen) atoms. The van der Waals surface area contributed by atoms with Crippen molar-refractivity contribution in [2.75, 3.05) is 30.9 Å². The Morgan fingerprint density at radius 1 is 1.35 bits per heavy atom. The van der Waals surface area contributed by atoms with E-state index in [4.69, 9.17) is 9.47 Å². The Hall–Kier alpha value is -1.83. The minimum atomic E-state index is -0.403. The lowest BCUT2D eigenvalue weighted by Gasteiger charge is -2.29. The van der Waals surface area contributed by atoms with Crippen molar-refractivity contribution >= 4 is 35.6 Å². The molecule has 1 heterocycles. The van der Waals surface area contributed by atoms with Crippen molar-refractivity contribution in [3.05, 3.63) is 18.2 Å². The van der Waals surface area contributed by atoms with E-state index in [-0.39, 0.29) is 30.3 Å². The average molecular weight is 344 g/mol. The van der Waals surface area contributed by atoms with Gasteiger partial charge >= 0.3 is 0 Å². The predicted octanol–water partition coefficient (Wildman–Crippen LogP) is 1.39. The number of benzene rings is 1. The second-order valence-corrected chi connectivity index (χ2v) is 5.09. The van der Waals surface area contributed by atoms with Gasteiger partial charge in [0.2, 0.25) is 11.8 Å². The maximum absolute atomic E-state index is 12.3. The zero-order chi connectivity index (χ0) is 16.1. The summed E-state index contributed by atoms with van der Waals surface area (Å²) in [5, 5.41) is 8.62. The largest absolute Gasteiger partial charge is 0.495 e. The zero-order valence-electron chi connectivity index (χ0n) is 13.3. The Bertz CT molecular complexity index is 568. The van der Waals surface area contributed by atoms with Crippen LogP contribution in [-0.2, 0) is 14.3 Å². The number of carbonyl (C=O) groups excluding carboxylic acids is 2. The number of hydrogen-bond donors (Lipinski definition) is 3. The summed E-state index contributed by atoms with van der Waals surface area (Å²) in [5.41, 5.74) is 1.09. The van der Waals surface area contributed by atoms with Crippen molar-refractivity contribution in [1.82, 2.24) is 5.32 Å². The molecule has 2 rings (SSSR count). The summed E-state index contributed by atoms with van der Waals surface area (Å²) in [6.45, 7) is 4.51. The number of ether oxygens (including phenoxy) is 2. The molecule has 0 spiro atoms. The Kier molecular flexibility index (Phi) is 7.28. The van der Waals surface area contributed by atoms with Crippen molar-refractivity contribution in [3.63, 3.8) is 0 Å². The van der Waals surface area contributed by atoms with Crippen LogP contribution in [0.3, 0.4) is 0 Å². The van der Waals surface area contributed by atoms with Gasteiger partial charge in [-0.05, 0) is 25.1 Å². The lowest BCUT2D eigenvalue weighted by atomic mass is 10.1. The second kappa shape index (κ2) is 8.71. The molecule has 3 N–H and O–H groups in total. The number of rotatable bonds is 4. The summed E-state index contributed by atoms with van der Waals surface area (Å²) >= 11 is 0. The second-order valence-electron chi connectivity index (χ2n) is 5.09. The quantitative estimate of drug-likeness (QED) is 0.769. The van der Waals surface area contributed by atoms with Crippen molar-refractivity contribution in [2.24, 2.45) is 0 Å². The van der Waals surface area contributed by atoms with Gasteiger partial charge in [0.25, 0.3) is 0 Å². The van der Waals surface area contributed by atoms with Gasteiger partial charge in [0.15, 0.2) is 0 Å². The van der Waals surface area contributed by atoms with Crippen molar-refractivity contribution < 1.29 is 19.1 Å². The van der Waals surface area contributed by atoms with E-state index in [0.717, 1.165) is 0 Å². The summed E-state index contributed by atoms with van der Waals surface area (Å²) < 4.78 is 10.6. The zero-order valence-corrected chi connectivity index (χ0v) is 14.2. The number of anilines is 2. The van der Waals surface area contributed by atoms with Crippen LogP contribution in [0.4, 0.5) is 11.4 Å². The molecular formula is C15H22ClN3O4. The van der Waals surface area contributed by atoms with Crippen LogP contribution in [0.2, 0.25) is 0 Å². The van der Waals surface area contributed by atoms with Gasteiger partial charge in [-0.25, -0.2) is 0 Å². The average Bonchev–Trinajstić information content (AvgIpc) is 2.47. The first kappa shape index (κ1) is 19.2. The Labute approximate surface area is 141 Å². The molecule has 0 saturated carbocycles. The summed E-state index contributed by atoms with van der Waals surface area (Å²) in [4.78, 5) is 23.5. The lowest BCUT2D eigenvalue weighted by Crippen LogP contribution is -2.53. The third-order valence-corrected chi connectivity index (χ3v) is 3.38. The molecule has 8 heteroatoms. The fraction of sp³-hybridized carbons (Fsp3) is 0.467. The number of carbonyl (C=O) groups is 2. The molecule has 0 radical (unpaired) electrons. The van der Waals surface area contributed by atoms with Gasteiger partial charge in [-0.15, -0.1) is 12.4 Å². The highest BCUT2D eigenvalue weighted by Crippen LogP contribution is 2.28. The first-order valence-electron chi connectivity index (χ1n) is 7.12. The van der Waals surface area contributed by atoms with Gasteiger partial charge in [0, 0.05) is 19.2 Å². The van der Waals surface area contributed by atoms with E-state index < -0.39 is 6.04 Å². The van der Waals surface area contributed by atoms with Gasteiger partial charge in [0.1, 0.15) is 11.8 Å². The van der Waals surface area contributed by atoms with Gasteiger partial charge in [-0.1, -0.05) is 0 Å². The highest BCUT2D eigenvalue weighted by molar-refractivity contribution is 5.97. The molecule has 1 aromatic carbocycles. The number of methoxy groups -OCH3 is 1. The minimum Gasteiger partial charge on any atom is -0.495 e. The van der Waals surface area contributed by atoms with Crippen LogP contribution in [0.25, 0.3) is 0 Å². The molecule has 1 aromatic rings. The molecule has 1 saturated heterocycles. The third-order valence-electron chi connectivity index (χ3n) is 3.38. The number of nitrogens with one attached hydrogen (secondary N) is 3. The first-order chi connectivity index (χ1) is 10.5. The van der Waals surface area contributed by atoms with Crippen LogP contribution in [-0.4, -0.2) is 44.2 Å². The molecule has 128 valence electrons. The van der Waals surface area contributed by atoms with Crippen molar-refractivity contribution in [1.29, 1.82) is 0 Å². The fourth-order valence-corrected chi connectivity index (χ4v) is 2.32.